The summed E-state index contributed by atoms with van der Waals surface area (Å²) in [6, 6.07) is 5.09. The molecular formula is C10H12Cl2N2. The molecule has 0 saturated carbocycles. The SMILES string of the molecule is C=C(C)C(NN)c1cc(Cl)ccc1Cl. The van der Waals surface area contributed by atoms with Crippen LogP contribution in [0.15, 0.2) is 30.4 Å². The van der Waals surface area contributed by atoms with Crippen molar-refractivity contribution in [1.82, 2.24) is 5.43 Å². The molecule has 1 rings (SSSR count). The van der Waals surface area contributed by atoms with E-state index in [1.807, 2.05) is 6.92 Å². The van der Waals surface area contributed by atoms with Crippen LogP contribution in [0.25, 0.3) is 0 Å². The molecule has 0 aliphatic rings. The van der Waals surface area contributed by atoms with Gasteiger partial charge in [0, 0.05) is 10.0 Å². The Kier molecular flexibility index (Phi) is 3.96. The van der Waals surface area contributed by atoms with Crippen LogP contribution in [0.4, 0.5) is 0 Å². The molecule has 1 atom stereocenters. The fourth-order valence-corrected chi connectivity index (χ4v) is 1.64. The number of hydrazine groups is 1. The fraction of sp³-hybridized carbons (Fsp3) is 0.200. The molecule has 0 saturated heterocycles. The molecule has 76 valence electrons. The minimum atomic E-state index is -0.166. The van der Waals surface area contributed by atoms with Crippen LogP contribution in [0.5, 0.6) is 0 Å². The number of benzene rings is 1. The van der Waals surface area contributed by atoms with Crippen molar-refractivity contribution in [2.45, 2.75) is 13.0 Å². The molecule has 0 fully saturated rings. The minimum Gasteiger partial charge on any atom is -0.271 e. The molecule has 1 aromatic rings. The summed E-state index contributed by atoms with van der Waals surface area (Å²) in [7, 11) is 0. The van der Waals surface area contributed by atoms with Gasteiger partial charge in [0.1, 0.15) is 0 Å². The van der Waals surface area contributed by atoms with Crippen molar-refractivity contribution in [3.63, 3.8) is 0 Å². The lowest BCUT2D eigenvalue weighted by molar-refractivity contribution is 0.627. The average Bonchev–Trinajstić information content (AvgIpc) is 2.11. The molecule has 1 aromatic carbocycles. The van der Waals surface area contributed by atoms with Gasteiger partial charge in [0.05, 0.1) is 6.04 Å². The molecule has 0 aromatic heterocycles. The van der Waals surface area contributed by atoms with Gasteiger partial charge in [-0.2, -0.15) is 0 Å². The van der Waals surface area contributed by atoms with Gasteiger partial charge in [-0.3, -0.25) is 5.84 Å². The molecule has 0 radical (unpaired) electrons. The Morgan fingerprint density at radius 1 is 1.50 bits per heavy atom. The smallest absolute Gasteiger partial charge is 0.0679 e. The number of nitrogens with two attached hydrogens (primary N) is 1. The molecule has 0 bridgehead atoms. The fourth-order valence-electron chi connectivity index (χ4n) is 1.23. The first-order valence-corrected chi connectivity index (χ1v) is 4.88. The van der Waals surface area contributed by atoms with Crippen LogP contribution in [-0.4, -0.2) is 0 Å². The van der Waals surface area contributed by atoms with Crippen molar-refractivity contribution in [1.29, 1.82) is 0 Å². The van der Waals surface area contributed by atoms with Gasteiger partial charge in [-0.05, 0) is 30.7 Å². The van der Waals surface area contributed by atoms with E-state index in [2.05, 4.69) is 12.0 Å². The Morgan fingerprint density at radius 2 is 2.14 bits per heavy atom. The normalized spacial score (nSPS) is 12.6. The Morgan fingerprint density at radius 3 is 2.64 bits per heavy atom. The van der Waals surface area contributed by atoms with E-state index in [9.17, 15) is 0 Å². The Hall–Kier alpha value is -0.540. The molecule has 1 unspecified atom stereocenters. The first kappa shape index (κ1) is 11.5. The van der Waals surface area contributed by atoms with Crippen LogP contribution in [0.1, 0.15) is 18.5 Å². The summed E-state index contributed by atoms with van der Waals surface area (Å²) in [6.45, 7) is 5.71. The zero-order valence-corrected chi connectivity index (χ0v) is 9.36. The minimum absolute atomic E-state index is 0.166. The van der Waals surface area contributed by atoms with Crippen LogP contribution in [0.3, 0.4) is 0 Å². The predicted octanol–water partition coefficient (Wildman–Crippen LogP) is 3.07. The standard InChI is InChI=1S/C10H12Cl2N2/c1-6(2)10(14-13)8-5-7(11)3-4-9(8)12/h3-5,10,14H,1,13H2,2H3. The highest BCUT2D eigenvalue weighted by Crippen LogP contribution is 2.29. The van der Waals surface area contributed by atoms with Crippen molar-refractivity contribution in [3.8, 4) is 0 Å². The van der Waals surface area contributed by atoms with Crippen LogP contribution < -0.4 is 11.3 Å². The summed E-state index contributed by atoms with van der Waals surface area (Å²) < 4.78 is 0. The van der Waals surface area contributed by atoms with E-state index < -0.39 is 0 Å². The topological polar surface area (TPSA) is 38.0 Å². The summed E-state index contributed by atoms with van der Waals surface area (Å²) in [5.41, 5.74) is 4.37. The van der Waals surface area contributed by atoms with Gasteiger partial charge in [-0.15, -0.1) is 0 Å². The van der Waals surface area contributed by atoms with Crippen LogP contribution in [0.2, 0.25) is 10.0 Å². The highest BCUT2D eigenvalue weighted by atomic mass is 35.5. The maximum Gasteiger partial charge on any atom is 0.0679 e. The average molecular weight is 231 g/mol. The lowest BCUT2D eigenvalue weighted by Crippen LogP contribution is -2.28. The van der Waals surface area contributed by atoms with Crippen molar-refractivity contribution < 1.29 is 0 Å². The first-order valence-electron chi connectivity index (χ1n) is 4.12. The summed E-state index contributed by atoms with van der Waals surface area (Å²) in [5, 5.41) is 1.26. The van der Waals surface area contributed by atoms with E-state index in [-0.39, 0.29) is 6.04 Å². The third-order valence-electron chi connectivity index (χ3n) is 1.93. The third kappa shape index (κ3) is 2.49. The molecule has 4 heteroatoms. The Balaban J connectivity index is 3.15. The van der Waals surface area contributed by atoms with Gasteiger partial charge in [-0.1, -0.05) is 35.4 Å². The third-order valence-corrected chi connectivity index (χ3v) is 2.51. The van der Waals surface area contributed by atoms with Crippen molar-refractivity contribution in [3.05, 3.63) is 46.0 Å². The van der Waals surface area contributed by atoms with E-state index in [1.165, 1.54) is 0 Å². The number of nitrogens with one attached hydrogen (secondary N) is 1. The quantitative estimate of drug-likeness (QED) is 0.476. The van der Waals surface area contributed by atoms with Crippen LogP contribution in [-0.2, 0) is 0 Å². The summed E-state index contributed by atoms with van der Waals surface area (Å²) in [6.07, 6.45) is 0. The lowest BCUT2D eigenvalue weighted by Gasteiger charge is -2.17. The van der Waals surface area contributed by atoms with E-state index in [1.54, 1.807) is 18.2 Å². The first-order chi connectivity index (χ1) is 6.56. The van der Waals surface area contributed by atoms with Gasteiger partial charge in [-0.25, -0.2) is 5.43 Å². The number of hydrogen-bond acceptors (Lipinski definition) is 2. The van der Waals surface area contributed by atoms with E-state index in [4.69, 9.17) is 29.0 Å². The highest BCUT2D eigenvalue weighted by molar-refractivity contribution is 6.33. The second-order valence-corrected chi connectivity index (χ2v) is 3.96. The van der Waals surface area contributed by atoms with E-state index in [0.29, 0.717) is 10.0 Å². The second kappa shape index (κ2) is 4.80. The van der Waals surface area contributed by atoms with Gasteiger partial charge in [0.2, 0.25) is 0 Å². The molecule has 14 heavy (non-hydrogen) atoms. The molecule has 2 nitrogen and oxygen atoms in total. The zero-order chi connectivity index (χ0) is 10.7. The van der Waals surface area contributed by atoms with Crippen molar-refractivity contribution in [2.24, 2.45) is 5.84 Å². The molecule has 3 N–H and O–H groups in total. The highest BCUT2D eigenvalue weighted by Gasteiger charge is 2.13. The molecule has 0 spiro atoms. The van der Waals surface area contributed by atoms with Gasteiger partial charge in [0.15, 0.2) is 0 Å². The monoisotopic (exact) mass is 230 g/mol. The largest absolute Gasteiger partial charge is 0.271 e. The van der Waals surface area contributed by atoms with Gasteiger partial charge >= 0.3 is 0 Å². The molecule has 0 heterocycles. The molecule has 0 aliphatic heterocycles. The Labute approximate surface area is 93.7 Å². The summed E-state index contributed by atoms with van der Waals surface area (Å²) in [5.74, 6) is 5.41. The van der Waals surface area contributed by atoms with E-state index >= 15 is 0 Å². The van der Waals surface area contributed by atoms with Crippen molar-refractivity contribution in [2.75, 3.05) is 0 Å². The molecule has 0 aliphatic carbocycles. The summed E-state index contributed by atoms with van der Waals surface area (Å²) in [4.78, 5) is 0. The zero-order valence-electron chi connectivity index (χ0n) is 7.85. The molecular weight excluding hydrogens is 219 g/mol. The number of hydrogen-bond donors (Lipinski definition) is 2. The van der Waals surface area contributed by atoms with Crippen LogP contribution in [0, 0.1) is 0 Å². The number of rotatable bonds is 3. The van der Waals surface area contributed by atoms with Crippen LogP contribution >= 0.6 is 23.2 Å². The van der Waals surface area contributed by atoms with E-state index in [0.717, 1.165) is 11.1 Å². The lowest BCUT2D eigenvalue weighted by atomic mass is 10.0. The summed E-state index contributed by atoms with van der Waals surface area (Å²) >= 11 is 11.9. The predicted molar refractivity (Wildman–Crippen MR) is 61.3 cm³/mol. The van der Waals surface area contributed by atoms with Gasteiger partial charge < -0.3 is 0 Å². The molecule has 0 amide bonds. The van der Waals surface area contributed by atoms with Crippen molar-refractivity contribution >= 4 is 23.2 Å². The Bertz CT molecular complexity index is 350. The number of halogens is 2. The second-order valence-electron chi connectivity index (χ2n) is 3.11. The maximum absolute atomic E-state index is 6.02. The maximum atomic E-state index is 6.02. The van der Waals surface area contributed by atoms with Gasteiger partial charge in [0.25, 0.3) is 0 Å².